The summed E-state index contributed by atoms with van der Waals surface area (Å²) >= 11 is 0. The Kier molecular flexibility index (Phi) is 4.54. The minimum Gasteiger partial charge on any atom is -0.0771 e. The van der Waals surface area contributed by atoms with E-state index in [-0.39, 0.29) is 0 Å². The molecule has 0 radical (unpaired) electrons. The van der Waals surface area contributed by atoms with Gasteiger partial charge >= 0.3 is 0 Å². The third-order valence-corrected chi connectivity index (χ3v) is 9.11. The lowest BCUT2D eigenvalue weighted by molar-refractivity contribution is 0.782. The Labute approximate surface area is 132 Å². The highest BCUT2D eigenvalue weighted by Gasteiger charge is 2.40. The predicted molar refractivity (Wildman–Crippen MR) is 98.0 cm³/mol. The fourth-order valence-electron chi connectivity index (χ4n) is 4.39. The van der Waals surface area contributed by atoms with Gasteiger partial charge in [-0.2, -0.15) is 0 Å². The molecule has 116 valence electrons. The molecule has 0 atom stereocenters. The smallest absolute Gasteiger partial charge is 0.0771 e. The highest BCUT2D eigenvalue weighted by molar-refractivity contribution is 6.92. The second kappa shape index (κ2) is 5.76. The molecular weight excluding hydrogens is 268 g/mol. The zero-order chi connectivity index (χ0) is 15.9. The van der Waals surface area contributed by atoms with Crippen molar-refractivity contribution in [3.05, 3.63) is 44.8 Å². The second-order valence-corrected chi connectivity index (χ2v) is 12.2. The van der Waals surface area contributed by atoms with E-state index in [1.54, 1.807) is 32.7 Å². The first-order chi connectivity index (χ1) is 9.67. The van der Waals surface area contributed by atoms with Gasteiger partial charge in [0.05, 0.1) is 0 Å². The number of rotatable bonds is 4. The van der Waals surface area contributed by atoms with Gasteiger partial charge in [-0.05, 0) is 49.7 Å². The van der Waals surface area contributed by atoms with E-state index in [1.807, 2.05) is 0 Å². The minimum atomic E-state index is -1.59. The summed E-state index contributed by atoms with van der Waals surface area (Å²) in [4.78, 5) is 0. The fraction of sp³-hybridized carbons (Fsp3) is 0.600. The van der Waals surface area contributed by atoms with Crippen LogP contribution in [0.15, 0.2) is 44.8 Å². The summed E-state index contributed by atoms with van der Waals surface area (Å²) < 4.78 is 0. The third-order valence-electron chi connectivity index (χ3n) is 5.18. The van der Waals surface area contributed by atoms with Gasteiger partial charge in [0.2, 0.25) is 0 Å². The zero-order valence-corrected chi connectivity index (χ0v) is 16.2. The van der Waals surface area contributed by atoms with Crippen molar-refractivity contribution in [3.8, 4) is 0 Å². The lowest BCUT2D eigenvalue weighted by Crippen LogP contribution is -2.36. The number of hydrogen-bond acceptors (Lipinski definition) is 0. The summed E-state index contributed by atoms with van der Waals surface area (Å²) in [7, 11) is -1.59. The van der Waals surface area contributed by atoms with E-state index in [4.69, 9.17) is 0 Å². The molecule has 0 N–H and O–H groups in total. The Balaban J connectivity index is 2.53. The van der Waals surface area contributed by atoms with Crippen LogP contribution < -0.4 is 0 Å². The first-order valence-corrected chi connectivity index (χ1v) is 11.5. The summed E-state index contributed by atoms with van der Waals surface area (Å²) in [5.74, 6) is 1.30. The molecule has 0 bridgehead atoms. The van der Waals surface area contributed by atoms with Gasteiger partial charge in [0.15, 0.2) is 0 Å². The van der Waals surface area contributed by atoms with Gasteiger partial charge in [-0.15, -0.1) is 0 Å². The van der Waals surface area contributed by atoms with Gasteiger partial charge in [0.1, 0.15) is 8.07 Å². The summed E-state index contributed by atoms with van der Waals surface area (Å²) in [6, 6.07) is 0. The molecule has 2 rings (SSSR count). The van der Waals surface area contributed by atoms with Gasteiger partial charge in [0, 0.05) is 0 Å². The maximum Gasteiger partial charge on any atom is 0.112 e. The van der Waals surface area contributed by atoms with E-state index in [2.05, 4.69) is 66.8 Å². The summed E-state index contributed by atoms with van der Waals surface area (Å²) in [6.45, 7) is 19.3. The molecular formula is C20H32Si. The highest BCUT2D eigenvalue weighted by Crippen LogP contribution is 2.46. The molecule has 2 aliphatic rings. The van der Waals surface area contributed by atoms with Crippen molar-refractivity contribution in [3.63, 3.8) is 0 Å². The summed E-state index contributed by atoms with van der Waals surface area (Å²) in [6.07, 6.45) is 7.33. The van der Waals surface area contributed by atoms with Crippen molar-refractivity contribution in [1.82, 2.24) is 0 Å². The van der Waals surface area contributed by atoms with Crippen molar-refractivity contribution in [2.45, 2.75) is 67.5 Å². The normalized spacial score (nSPS) is 20.1. The molecule has 0 spiro atoms. The fourth-order valence-corrected chi connectivity index (χ4v) is 9.20. The molecule has 0 unspecified atom stereocenters. The van der Waals surface area contributed by atoms with E-state index in [9.17, 15) is 0 Å². The molecule has 0 aromatic rings. The first kappa shape index (κ1) is 16.5. The Morgan fingerprint density at radius 3 is 1.38 bits per heavy atom. The van der Waals surface area contributed by atoms with Crippen molar-refractivity contribution in [2.24, 2.45) is 11.8 Å². The maximum atomic E-state index is 2.58. The third kappa shape index (κ3) is 2.77. The molecule has 2 aliphatic carbocycles. The molecule has 0 fully saturated rings. The van der Waals surface area contributed by atoms with E-state index in [0.29, 0.717) is 11.8 Å². The molecule has 0 amide bonds. The van der Waals surface area contributed by atoms with Crippen molar-refractivity contribution >= 4 is 8.07 Å². The Morgan fingerprint density at radius 1 is 0.762 bits per heavy atom. The van der Waals surface area contributed by atoms with Crippen molar-refractivity contribution in [1.29, 1.82) is 0 Å². The topological polar surface area (TPSA) is 0 Å². The average molecular weight is 301 g/mol. The van der Waals surface area contributed by atoms with Gasteiger partial charge < -0.3 is 0 Å². The molecule has 0 saturated carbocycles. The molecule has 0 aliphatic heterocycles. The lowest BCUT2D eigenvalue weighted by atomic mass is 10.0. The molecule has 0 saturated heterocycles. The molecule has 0 heterocycles. The van der Waals surface area contributed by atoms with Crippen LogP contribution in [-0.4, -0.2) is 8.07 Å². The zero-order valence-electron chi connectivity index (χ0n) is 15.2. The van der Waals surface area contributed by atoms with Crippen LogP contribution in [0.4, 0.5) is 0 Å². The van der Waals surface area contributed by atoms with Crippen LogP contribution in [0.2, 0.25) is 13.1 Å². The van der Waals surface area contributed by atoms with Crippen molar-refractivity contribution < 1.29 is 0 Å². The molecule has 0 aromatic carbocycles. The molecule has 21 heavy (non-hydrogen) atoms. The van der Waals surface area contributed by atoms with Crippen LogP contribution in [0.3, 0.4) is 0 Å². The van der Waals surface area contributed by atoms with Gasteiger partial charge in [-0.1, -0.05) is 74.5 Å². The standard InChI is InChI=1S/C20H32Si/c1-13(2)17-11-9-15(5)19(17)21(7,8)20-16(6)10-12-18(20)14(3)4/h11-14H,9-10H2,1-8H3. The second-order valence-electron chi connectivity index (χ2n) is 7.97. The molecule has 0 nitrogen and oxygen atoms in total. The van der Waals surface area contributed by atoms with Gasteiger partial charge in [0.25, 0.3) is 0 Å². The predicted octanol–water partition coefficient (Wildman–Crippen LogP) is 6.38. The average Bonchev–Trinajstić information content (AvgIpc) is 2.92. The van der Waals surface area contributed by atoms with Gasteiger partial charge in [-0.3, -0.25) is 0 Å². The monoisotopic (exact) mass is 300 g/mol. The van der Waals surface area contributed by atoms with E-state index < -0.39 is 8.07 Å². The number of hydrogen-bond donors (Lipinski definition) is 0. The van der Waals surface area contributed by atoms with E-state index in [1.165, 1.54) is 12.8 Å². The Bertz CT molecular complexity index is 513. The quantitative estimate of drug-likeness (QED) is 0.528. The highest BCUT2D eigenvalue weighted by atomic mass is 28.3. The summed E-state index contributed by atoms with van der Waals surface area (Å²) in [5.41, 5.74) is 6.54. The Hall–Kier alpha value is -0.823. The Morgan fingerprint density at radius 2 is 1.10 bits per heavy atom. The van der Waals surface area contributed by atoms with Crippen LogP contribution in [0.25, 0.3) is 0 Å². The van der Waals surface area contributed by atoms with Gasteiger partial charge in [-0.25, -0.2) is 0 Å². The van der Waals surface area contributed by atoms with Crippen LogP contribution in [0.5, 0.6) is 0 Å². The summed E-state index contributed by atoms with van der Waals surface area (Å²) in [5, 5.41) is 3.50. The minimum absolute atomic E-state index is 0.651. The number of allylic oxidation sites excluding steroid dienone is 8. The lowest BCUT2D eigenvalue weighted by Gasteiger charge is -2.34. The maximum absolute atomic E-state index is 2.58. The largest absolute Gasteiger partial charge is 0.112 e. The van der Waals surface area contributed by atoms with Crippen LogP contribution >= 0.6 is 0 Å². The van der Waals surface area contributed by atoms with Crippen molar-refractivity contribution in [2.75, 3.05) is 0 Å². The van der Waals surface area contributed by atoms with Crippen LogP contribution in [0, 0.1) is 11.8 Å². The van der Waals surface area contributed by atoms with E-state index in [0.717, 1.165) is 0 Å². The SMILES string of the molecule is CC1=C([Si](C)(C)C2=C(C)CC=C2C(C)C)C(C(C)C)=CC1. The molecule has 0 aromatic heterocycles. The van der Waals surface area contributed by atoms with Crippen LogP contribution in [0.1, 0.15) is 54.4 Å². The van der Waals surface area contributed by atoms with E-state index >= 15 is 0 Å². The van der Waals surface area contributed by atoms with Crippen LogP contribution in [-0.2, 0) is 0 Å². The molecule has 1 heteroatoms. The first-order valence-electron chi connectivity index (χ1n) is 8.49.